The van der Waals surface area contributed by atoms with Gasteiger partial charge in [-0.3, -0.25) is 9.79 Å². The summed E-state index contributed by atoms with van der Waals surface area (Å²) in [4.78, 5) is 17.7. The van der Waals surface area contributed by atoms with Gasteiger partial charge in [-0.2, -0.15) is 0 Å². The van der Waals surface area contributed by atoms with Crippen LogP contribution in [0.4, 0.5) is 5.69 Å². The molecule has 2 unspecified atom stereocenters. The molecule has 0 saturated carbocycles. The maximum atomic E-state index is 11.9. The number of anilines is 1. The number of hydrogen-bond donors (Lipinski definition) is 2. The molecule has 3 N–H and O–H groups in total. The van der Waals surface area contributed by atoms with Gasteiger partial charge >= 0.3 is 0 Å². The normalized spacial score (nSPS) is 20.4. The summed E-state index contributed by atoms with van der Waals surface area (Å²) in [6.45, 7) is 4.59. The van der Waals surface area contributed by atoms with Gasteiger partial charge in [-0.15, -0.1) is 24.0 Å². The van der Waals surface area contributed by atoms with Crippen molar-refractivity contribution in [1.29, 1.82) is 0 Å². The lowest BCUT2D eigenvalue weighted by Crippen LogP contribution is -2.34. The largest absolute Gasteiger partial charge is 0.370 e. The van der Waals surface area contributed by atoms with Crippen molar-refractivity contribution in [2.24, 2.45) is 10.7 Å². The number of hydrogen-bond acceptors (Lipinski definition) is 3. The number of nitrogens with one attached hydrogen (secondary N) is 1. The van der Waals surface area contributed by atoms with Gasteiger partial charge < -0.3 is 20.7 Å². The van der Waals surface area contributed by atoms with E-state index in [1.165, 1.54) is 11.1 Å². The summed E-state index contributed by atoms with van der Waals surface area (Å²) in [7, 11) is 3.48. The van der Waals surface area contributed by atoms with E-state index in [1.807, 2.05) is 18.2 Å². The number of nitrogens with two attached hydrogens (primary N) is 1. The van der Waals surface area contributed by atoms with Crippen molar-refractivity contribution in [2.75, 3.05) is 26.0 Å². The summed E-state index contributed by atoms with van der Waals surface area (Å²) in [5, 5.41) is 3.08. The Morgan fingerprint density at radius 2 is 2.04 bits per heavy atom. The molecule has 24 heavy (non-hydrogen) atoms. The predicted octanol–water partition coefficient (Wildman–Crippen LogP) is 2.28. The Bertz CT molecular complexity index is 604. The van der Waals surface area contributed by atoms with Crippen LogP contribution in [0.2, 0.25) is 0 Å². The number of likely N-dealkylation sites (N-methyl/N-ethyl adjacent to an activating group) is 1. The summed E-state index contributed by atoms with van der Waals surface area (Å²) < 4.78 is 5.74. The minimum absolute atomic E-state index is 0. The fourth-order valence-corrected chi connectivity index (χ4v) is 2.52. The third kappa shape index (κ3) is 5.62. The molecule has 1 aromatic rings. The SMILES string of the molecule is Cc1ccc(NC(N)=NCC2CCC(C(=O)N(C)C)O2)cc1C.I. The molecule has 0 radical (unpaired) electrons. The number of carbonyl (C=O) groups excluding carboxylic acids is 1. The van der Waals surface area contributed by atoms with E-state index in [9.17, 15) is 4.79 Å². The lowest BCUT2D eigenvalue weighted by molar-refractivity contribution is -0.140. The van der Waals surface area contributed by atoms with Crippen molar-refractivity contribution in [3.8, 4) is 0 Å². The zero-order valence-corrected chi connectivity index (χ0v) is 17.0. The molecule has 0 bridgehead atoms. The maximum Gasteiger partial charge on any atom is 0.251 e. The Hall–Kier alpha value is -1.35. The number of aliphatic imine (C=N–C) groups is 1. The number of carbonyl (C=O) groups is 1. The van der Waals surface area contributed by atoms with Gasteiger partial charge in [0.05, 0.1) is 12.6 Å². The number of nitrogens with zero attached hydrogens (tertiary/aromatic N) is 2. The van der Waals surface area contributed by atoms with Crippen LogP contribution < -0.4 is 11.1 Å². The van der Waals surface area contributed by atoms with E-state index in [1.54, 1.807) is 19.0 Å². The average Bonchev–Trinajstić information content (AvgIpc) is 2.97. The van der Waals surface area contributed by atoms with Crippen LogP contribution in [0.5, 0.6) is 0 Å². The third-order valence-corrected chi connectivity index (χ3v) is 4.07. The molecular formula is C17H27IN4O2. The topological polar surface area (TPSA) is 79.9 Å². The minimum atomic E-state index is -0.348. The van der Waals surface area contributed by atoms with Gasteiger partial charge in [0.1, 0.15) is 6.10 Å². The van der Waals surface area contributed by atoms with E-state index >= 15 is 0 Å². The number of aryl methyl sites for hydroxylation is 2. The Morgan fingerprint density at radius 1 is 1.33 bits per heavy atom. The molecule has 0 aliphatic carbocycles. The second-order valence-electron chi connectivity index (χ2n) is 6.21. The van der Waals surface area contributed by atoms with E-state index in [-0.39, 0.29) is 42.1 Å². The first kappa shape index (κ1) is 20.7. The summed E-state index contributed by atoms with van der Waals surface area (Å²) in [6, 6.07) is 6.06. The van der Waals surface area contributed by atoms with E-state index in [0.29, 0.717) is 12.5 Å². The van der Waals surface area contributed by atoms with E-state index < -0.39 is 0 Å². The first-order chi connectivity index (χ1) is 10.9. The van der Waals surface area contributed by atoms with Crippen molar-refractivity contribution in [3.05, 3.63) is 29.3 Å². The first-order valence-electron chi connectivity index (χ1n) is 7.87. The number of amides is 1. The summed E-state index contributed by atoms with van der Waals surface area (Å²) in [6.07, 6.45) is 1.16. The van der Waals surface area contributed by atoms with Crippen LogP contribution in [0.15, 0.2) is 23.2 Å². The van der Waals surface area contributed by atoms with Crippen molar-refractivity contribution in [1.82, 2.24) is 4.90 Å². The molecular weight excluding hydrogens is 419 g/mol. The lowest BCUT2D eigenvalue weighted by Gasteiger charge is -2.16. The van der Waals surface area contributed by atoms with Crippen LogP contribution in [0, 0.1) is 13.8 Å². The fourth-order valence-electron chi connectivity index (χ4n) is 2.52. The number of halogens is 1. The Morgan fingerprint density at radius 3 is 2.67 bits per heavy atom. The van der Waals surface area contributed by atoms with Crippen LogP contribution in [0.1, 0.15) is 24.0 Å². The predicted molar refractivity (Wildman–Crippen MR) is 108 cm³/mol. The summed E-state index contributed by atoms with van der Waals surface area (Å²) in [5.41, 5.74) is 9.28. The van der Waals surface area contributed by atoms with Crippen molar-refractivity contribution in [2.45, 2.75) is 38.9 Å². The Balaban J connectivity index is 0.00000288. The molecule has 1 heterocycles. The minimum Gasteiger partial charge on any atom is -0.370 e. The highest BCUT2D eigenvalue weighted by Crippen LogP contribution is 2.21. The molecule has 1 aliphatic heterocycles. The van der Waals surface area contributed by atoms with Gasteiger partial charge in [-0.25, -0.2) is 0 Å². The molecule has 134 valence electrons. The molecule has 0 aromatic heterocycles. The second kappa shape index (κ2) is 9.22. The Labute approximate surface area is 160 Å². The Kier molecular flexibility index (Phi) is 7.95. The highest BCUT2D eigenvalue weighted by Gasteiger charge is 2.31. The van der Waals surface area contributed by atoms with E-state index in [0.717, 1.165) is 18.5 Å². The first-order valence-corrected chi connectivity index (χ1v) is 7.87. The van der Waals surface area contributed by atoms with Gasteiger partial charge in [-0.1, -0.05) is 6.07 Å². The molecule has 1 aliphatic rings. The lowest BCUT2D eigenvalue weighted by atomic mass is 10.1. The van der Waals surface area contributed by atoms with Crippen molar-refractivity contribution in [3.63, 3.8) is 0 Å². The molecule has 6 nitrogen and oxygen atoms in total. The number of guanidine groups is 1. The zero-order valence-electron chi connectivity index (χ0n) is 14.7. The fraction of sp³-hybridized carbons (Fsp3) is 0.529. The van der Waals surface area contributed by atoms with Gasteiger partial charge in [0.15, 0.2) is 5.96 Å². The molecule has 1 amide bonds. The smallest absolute Gasteiger partial charge is 0.251 e. The summed E-state index contributed by atoms with van der Waals surface area (Å²) >= 11 is 0. The van der Waals surface area contributed by atoms with Crippen LogP contribution in [-0.2, 0) is 9.53 Å². The monoisotopic (exact) mass is 446 g/mol. The van der Waals surface area contributed by atoms with Gasteiger partial charge in [0, 0.05) is 19.8 Å². The molecule has 1 aromatic carbocycles. The van der Waals surface area contributed by atoms with E-state index in [2.05, 4.69) is 24.2 Å². The molecule has 1 saturated heterocycles. The highest BCUT2D eigenvalue weighted by molar-refractivity contribution is 14.0. The molecule has 2 rings (SSSR count). The van der Waals surface area contributed by atoms with Crippen LogP contribution in [-0.4, -0.2) is 49.6 Å². The standard InChI is InChI=1S/C17H26N4O2.HI/c1-11-5-6-13(9-12(11)2)20-17(18)19-10-14-7-8-15(23-14)16(22)21(3)4;/h5-6,9,14-15H,7-8,10H2,1-4H3,(H3,18,19,20);1H. The quantitative estimate of drug-likeness (QED) is 0.423. The molecule has 0 spiro atoms. The number of benzene rings is 1. The highest BCUT2D eigenvalue weighted by atomic mass is 127. The van der Waals surface area contributed by atoms with Gasteiger partial charge in [0.2, 0.25) is 0 Å². The molecule has 2 atom stereocenters. The molecule has 7 heteroatoms. The average molecular weight is 446 g/mol. The van der Waals surface area contributed by atoms with Crippen LogP contribution >= 0.6 is 24.0 Å². The summed E-state index contributed by atoms with van der Waals surface area (Å²) in [5.74, 6) is 0.372. The van der Waals surface area contributed by atoms with Crippen LogP contribution in [0.3, 0.4) is 0 Å². The third-order valence-electron chi connectivity index (χ3n) is 4.07. The number of ether oxygens (including phenoxy) is 1. The number of rotatable bonds is 4. The van der Waals surface area contributed by atoms with Gasteiger partial charge in [0.25, 0.3) is 5.91 Å². The van der Waals surface area contributed by atoms with Gasteiger partial charge in [-0.05, 0) is 49.9 Å². The van der Waals surface area contributed by atoms with Crippen molar-refractivity contribution >= 4 is 41.5 Å². The maximum absolute atomic E-state index is 11.9. The van der Waals surface area contributed by atoms with E-state index in [4.69, 9.17) is 10.5 Å². The van der Waals surface area contributed by atoms with Crippen molar-refractivity contribution < 1.29 is 9.53 Å². The zero-order chi connectivity index (χ0) is 17.0. The molecule has 1 fully saturated rings. The second-order valence-corrected chi connectivity index (χ2v) is 6.21. The van der Waals surface area contributed by atoms with Crippen LogP contribution in [0.25, 0.3) is 0 Å².